The van der Waals surface area contributed by atoms with Crippen molar-refractivity contribution in [2.75, 3.05) is 0 Å². The van der Waals surface area contributed by atoms with Gasteiger partial charge in [-0.2, -0.15) is 5.26 Å². The van der Waals surface area contributed by atoms with E-state index in [1.165, 1.54) is 12.1 Å². The Bertz CT molecular complexity index is 396. The molecule has 5 heteroatoms. The van der Waals surface area contributed by atoms with Crippen LogP contribution in [0.25, 0.3) is 0 Å². The zero-order valence-electron chi connectivity index (χ0n) is 7.32. The number of hydrazine groups is 1. The van der Waals surface area contributed by atoms with E-state index >= 15 is 0 Å². The van der Waals surface area contributed by atoms with Gasteiger partial charge < -0.3 is 5.11 Å². The molecule has 0 spiro atoms. The molecular formula is C9H9N3O2. The van der Waals surface area contributed by atoms with Crippen LogP contribution in [0.15, 0.2) is 18.2 Å². The third-order valence-corrected chi connectivity index (χ3v) is 1.71. The topological polar surface area (TPSA) is 99.1 Å². The monoisotopic (exact) mass is 191 g/mol. The van der Waals surface area contributed by atoms with Gasteiger partial charge >= 0.3 is 0 Å². The molecule has 72 valence electrons. The van der Waals surface area contributed by atoms with Crippen molar-refractivity contribution >= 4 is 5.91 Å². The Balaban J connectivity index is 2.91. The lowest BCUT2D eigenvalue weighted by Crippen LogP contribution is -2.31. The van der Waals surface area contributed by atoms with E-state index in [1.54, 1.807) is 6.07 Å². The average Bonchev–Trinajstić information content (AvgIpc) is 2.20. The van der Waals surface area contributed by atoms with Crippen molar-refractivity contribution in [1.29, 1.82) is 5.26 Å². The minimum absolute atomic E-state index is 0.0887. The summed E-state index contributed by atoms with van der Waals surface area (Å²) in [5.74, 6) is 4.47. The number of nitriles is 1. The van der Waals surface area contributed by atoms with Gasteiger partial charge in [-0.05, 0) is 17.7 Å². The van der Waals surface area contributed by atoms with Crippen LogP contribution < -0.4 is 11.3 Å². The number of nitrogens with one attached hydrogen (secondary N) is 1. The smallest absolute Gasteiger partial charge is 0.238 e. The second kappa shape index (κ2) is 4.25. The fourth-order valence-electron chi connectivity index (χ4n) is 1.02. The maximum atomic E-state index is 10.9. The van der Waals surface area contributed by atoms with Gasteiger partial charge in [0.1, 0.15) is 11.8 Å². The SMILES string of the molecule is N#Cc1cc(CC(=O)NN)ccc1O. The summed E-state index contributed by atoms with van der Waals surface area (Å²) in [6.45, 7) is 0. The first-order chi connectivity index (χ1) is 6.67. The molecule has 0 aliphatic carbocycles. The molecule has 0 bridgehead atoms. The van der Waals surface area contributed by atoms with Gasteiger partial charge in [0.2, 0.25) is 5.91 Å². The van der Waals surface area contributed by atoms with Crippen molar-refractivity contribution in [2.45, 2.75) is 6.42 Å². The van der Waals surface area contributed by atoms with Gasteiger partial charge in [-0.1, -0.05) is 6.07 Å². The van der Waals surface area contributed by atoms with Gasteiger partial charge in [0, 0.05) is 0 Å². The lowest BCUT2D eigenvalue weighted by Gasteiger charge is -2.01. The highest BCUT2D eigenvalue weighted by molar-refractivity contribution is 5.78. The van der Waals surface area contributed by atoms with E-state index in [1.807, 2.05) is 11.5 Å². The zero-order chi connectivity index (χ0) is 10.6. The Hall–Kier alpha value is -2.06. The van der Waals surface area contributed by atoms with Crippen LogP contribution in [0, 0.1) is 11.3 Å². The molecule has 0 atom stereocenters. The van der Waals surface area contributed by atoms with Crippen molar-refractivity contribution in [2.24, 2.45) is 5.84 Å². The normalized spacial score (nSPS) is 9.14. The average molecular weight is 191 g/mol. The highest BCUT2D eigenvalue weighted by Gasteiger charge is 2.05. The molecule has 14 heavy (non-hydrogen) atoms. The summed E-state index contributed by atoms with van der Waals surface area (Å²) in [6.07, 6.45) is 0.0887. The predicted octanol–water partition coefficient (Wildman–Crippen LogP) is -0.204. The summed E-state index contributed by atoms with van der Waals surface area (Å²) in [6, 6.07) is 6.20. The number of nitrogens with zero attached hydrogens (tertiary/aromatic N) is 1. The zero-order valence-corrected chi connectivity index (χ0v) is 7.32. The number of phenols is 1. The lowest BCUT2D eigenvalue weighted by atomic mass is 10.1. The number of carbonyl (C=O) groups is 1. The number of aromatic hydroxyl groups is 1. The molecule has 0 fully saturated rings. The molecular weight excluding hydrogens is 182 g/mol. The molecule has 0 heterocycles. The van der Waals surface area contributed by atoms with E-state index in [0.717, 1.165) is 0 Å². The van der Waals surface area contributed by atoms with Crippen molar-refractivity contribution < 1.29 is 9.90 Å². The summed E-state index contributed by atoms with van der Waals surface area (Å²) < 4.78 is 0. The maximum absolute atomic E-state index is 10.9. The molecule has 4 N–H and O–H groups in total. The van der Waals surface area contributed by atoms with Crippen molar-refractivity contribution in [3.05, 3.63) is 29.3 Å². The molecule has 1 amide bonds. The van der Waals surface area contributed by atoms with Crippen LogP contribution in [0.3, 0.4) is 0 Å². The number of amides is 1. The minimum Gasteiger partial charge on any atom is -0.507 e. The summed E-state index contributed by atoms with van der Waals surface area (Å²) in [4.78, 5) is 10.9. The first kappa shape index (κ1) is 10.0. The first-order valence-electron chi connectivity index (χ1n) is 3.89. The molecule has 0 saturated heterocycles. The molecule has 0 aromatic heterocycles. The van der Waals surface area contributed by atoms with Crippen molar-refractivity contribution in [3.8, 4) is 11.8 Å². The highest BCUT2D eigenvalue weighted by Crippen LogP contribution is 2.17. The van der Waals surface area contributed by atoms with Crippen LogP contribution in [-0.4, -0.2) is 11.0 Å². The first-order valence-corrected chi connectivity index (χ1v) is 3.89. The summed E-state index contributed by atoms with van der Waals surface area (Å²) in [5, 5.41) is 17.8. The number of hydrogen-bond donors (Lipinski definition) is 3. The molecule has 0 unspecified atom stereocenters. The minimum atomic E-state index is -0.348. The fourth-order valence-corrected chi connectivity index (χ4v) is 1.02. The van der Waals surface area contributed by atoms with E-state index in [-0.39, 0.29) is 23.6 Å². The Labute approximate surface area is 80.7 Å². The number of phenolic OH excluding ortho intramolecular Hbond substituents is 1. The maximum Gasteiger partial charge on any atom is 0.238 e. The summed E-state index contributed by atoms with van der Waals surface area (Å²) >= 11 is 0. The Morgan fingerprint density at radius 2 is 2.36 bits per heavy atom. The fraction of sp³-hybridized carbons (Fsp3) is 0.111. The van der Waals surface area contributed by atoms with Crippen LogP contribution >= 0.6 is 0 Å². The van der Waals surface area contributed by atoms with Crippen molar-refractivity contribution in [3.63, 3.8) is 0 Å². The number of nitrogens with two attached hydrogens (primary N) is 1. The van der Waals surface area contributed by atoms with E-state index in [4.69, 9.17) is 11.1 Å². The van der Waals surface area contributed by atoms with Gasteiger partial charge in [0.15, 0.2) is 0 Å². The highest BCUT2D eigenvalue weighted by atomic mass is 16.3. The second-order valence-corrected chi connectivity index (χ2v) is 2.71. The molecule has 0 aliphatic rings. The third-order valence-electron chi connectivity index (χ3n) is 1.71. The summed E-state index contributed by atoms with van der Waals surface area (Å²) in [5.41, 5.74) is 2.75. The van der Waals surface area contributed by atoms with Gasteiger partial charge in [-0.15, -0.1) is 0 Å². The van der Waals surface area contributed by atoms with Crippen LogP contribution in [0.5, 0.6) is 5.75 Å². The second-order valence-electron chi connectivity index (χ2n) is 2.71. The van der Waals surface area contributed by atoms with Gasteiger partial charge in [-0.25, -0.2) is 5.84 Å². The third kappa shape index (κ3) is 2.21. The van der Waals surface area contributed by atoms with Crippen LogP contribution in [-0.2, 0) is 11.2 Å². The predicted molar refractivity (Wildman–Crippen MR) is 48.9 cm³/mol. The largest absolute Gasteiger partial charge is 0.507 e. The van der Waals surface area contributed by atoms with Crippen LogP contribution in [0.2, 0.25) is 0 Å². The Kier molecular flexibility index (Phi) is 3.05. The van der Waals surface area contributed by atoms with Crippen molar-refractivity contribution in [1.82, 2.24) is 5.43 Å². The molecule has 1 aromatic carbocycles. The van der Waals surface area contributed by atoms with Gasteiger partial charge in [-0.3, -0.25) is 10.2 Å². The molecule has 0 radical (unpaired) electrons. The molecule has 1 aromatic rings. The van der Waals surface area contributed by atoms with Gasteiger partial charge in [0.25, 0.3) is 0 Å². The van der Waals surface area contributed by atoms with Crippen LogP contribution in [0.1, 0.15) is 11.1 Å². The van der Waals surface area contributed by atoms with E-state index in [9.17, 15) is 9.90 Å². The summed E-state index contributed by atoms with van der Waals surface area (Å²) in [7, 11) is 0. The standard InChI is InChI=1S/C9H9N3O2/c10-5-7-3-6(1-2-8(7)13)4-9(14)12-11/h1-3,13H,4,11H2,(H,12,14). The molecule has 5 nitrogen and oxygen atoms in total. The number of hydrogen-bond acceptors (Lipinski definition) is 4. The number of rotatable bonds is 2. The molecule has 0 aliphatic heterocycles. The number of benzene rings is 1. The molecule has 1 rings (SSSR count). The van der Waals surface area contributed by atoms with E-state index in [2.05, 4.69) is 0 Å². The lowest BCUT2D eigenvalue weighted by molar-refractivity contribution is -0.120. The van der Waals surface area contributed by atoms with Crippen LogP contribution in [0.4, 0.5) is 0 Å². The van der Waals surface area contributed by atoms with E-state index < -0.39 is 0 Å². The number of carbonyl (C=O) groups excluding carboxylic acids is 1. The molecule has 0 saturated carbocycles. The van der Waals surface area contributed by atoms with E-state index in [0.29, 0.717) is 5.56 Å². The van der Waals surface area contributed by atoms with Gasteiger partial charge in [0.05, 0.1) is 12.0 Å². The quantitative estimate of drug-likeness (QED) is 0.342. The Morgan fingerprint density at radius 3 is 2.93 bits per heavy atom. The Morgan fingerprint density at radius 1 is 1.64 bits per heavy atom.